The molecule has 4 aromatic carbocycles. The smallest absolute Gasteiger partial charge is 0.255 e. The van der Waals surface area contributed by atoms with Gasteiger partial charge in [0.05, 0.1) is 11.1 Å². The summed E-state index contributed by atoms with van der Waals surface area (Å²) in [5, 5.41) is 32.9. The normalized spacial score (nSPS) is 11.4. The quantitative estimate of drug-likeness (QED) is 0.0278. The van der Waals surface area contributed by atoms with Gasteiger partial charge >= 0.3 is 0 Å². The summed E-state index contributed by atoms with van der Waals surface area (Å²) in [7, 11) is 0. The number of nitrogens with one attached hydrogen (secondary N) is 2. The summed E-state index contributed by atoms with van der Waals surface area (Å²) in [6.45, 7) is 10.1. The van der Waals surface area contributed by atoms with E-state index in [4.69, 9.17) is 0 Å². The zero-order chi connectivity index (χ0) is 44.2. The summed E-state index contributed by atoms with van der Waals surface area (Å²) in [6.07, 6.45) is 33.7. The molecule has 4 N–H and O–H groups in total. The number of fused-ring (bicyclic) bond motifs is 2. The summed E-state index contributed by atoms with van der Waals surface area (Å²) in [4.78, 5) is 27.0. The Labute approximate surface area is 375 Å². The maximum absolute atomic E-state index is 13.5. The van der Waals surface area contributed by atoms with Crippen molar-refractivity contribution in [2.75, 3.05) is 13.1 Å². The van der Waals surface area contributed by atoms with Gasteiger partial charge < -0.3 is 20.8 Å². The molecule has 0 heterocycles. The number of phenols is 2. The third-order valence-corrected chi connectivity index (χ3v) is 12.7. The molecule has 0 aromatic heterocycles. The number of carbonyl (C=O) groups excluding carboxylic acids is 2. The fourth-order valence-corrected chi connectivity index (χ4v) is 8.97. The first-order chi connectivity index (χ1) is 30.3. The van der Waals surface area contributed by atoms with Gasteiger partial charge in [0.15, 0.2) is 0 Å². The fourth-order valence-electron chi connectivity index (χ4n) is 8.97. The minimum absolute atomic E-state index is 0.0388. The first kappa shape index (κ1) is 50.3. The van der Waals surface area contributed by atoms with Crippen molar-refractivity contribution < 1.29 is 19.8 Å². The number of hydrogen-bond acceptors (Lipinski definition) is 4. The molecule has 0 radical (unpaired) electrons. The summed E-state index contributed by atoms with van der Waals surface area (Å²) in [5.74, 6) is -0.633. The lowest BCUT2D eigenvalue weighted by atomic mass is 9.90. The third-order valence-electron chi connectivity index (χ3n) is 12.7. The third kappa shape index (κ3) is 17.4. The molecule has 0 saturated carbocycles. The number of hydrogen-bond donors (Lipinski definition) is 4. The Morgan fingerprint density at radius 1 is 0.452 bits per heavy atom. The Kier molecular flexibility index (Phi) is 24.3. The van der Waals surface area contributed by atoms with E-state index in [9.17, 15) is 19.8 Å². The molecule has 0 unspecified atom stereocenters. The maximum atomic E-state index is 13.5. The highest BCUT2D eigenvalue weighted by Gasteiger charge is 2.22. The van der Waals surface area contributed by atoms with Crippen LogP contribution in [0.5, 0.6) is 11.5 Å². The molecular weight excluding hydrogens is 765 g/mol. The highest BCUT2D eigenvalue weighted by molar-refractivity contribution is 6.04. The summed E-state index contributed by atoms with van der Waals surface area (Å²) in [6, 6.07) is 19.1. The molecule has 0 saturated heterocycles. The van der Waals surface area contributed by atoms with E-state index in [0.717, 1.165) is 52.8 Å². The molecular formula is C56H82N2O4. The Balaban J connectivity index is 1.28. The van der Waals surface area contributed by atoms with Gasteiger partial charge in [-0.2, -0.15) is 0 Å². The van der Waals surface area contributed by atoms with E-state index in [-0.39, 0.29) is 34.4 Å². The Morgan fingerprint density at radius 2 is 0.742 bits per heavy atom. The van der Waals surface area contributed by atoms with Crippen LogP contribution in [0.25, 0.3) is 21.5 Å². The van der Waals surface area contributed by atoms with Crippen LogP contribution >= 0.6 is 0 Å². The lowest BCUT2D eigenvalue weighted by Gasteiger charge is -2.17. The van der Waals surface area contributed by atoms with Crippen molar-refractivity contribution in [3.05, 3.63) is 95.1 Å². The van der Waals surface area contributed by atoms with Gasteiger partial charge in [-0.15, -0.1) is 0 Å². The molecule has 0 fully saturated rings. The van der Waals surface area contributed by atoms with Gasteiger partial charge in [0.25, 0.3) is 11.8 Å². The van der Waals surface area contributed by atoms with Gasteiger partial charge in [-0.3, -0.25) is 9.59 Å². The monoisotopic (exact) mass is 847 g/mol. The molecule has 62 heavy (non-hydrogen) atoms. The van der Waals surface area contributed by atoms with E-state index in [1.54, 1.807) is 12.1 Å². The van der Waals surface area contributed by atoms with E-state index in [2.05, 4.69) is 31.1 Å². The van der Waals surface area contributed by atoms with Gasteiger partial charge in [0.2, 0.25) is 0 Å². The van der Waals surface area contributed by atoms with Gasteiger partial charge in [0.1, 0.15) is 11.5 Å². The molecule has 6 nitrogen and oxygen atoms in total. The Bertz CT molecular complexity index is 1800. The zero-order valence-corrected chi connectivity index (χ0v) is 38.9. The fraction of sp³-hybridized carbons (Fsp3) is 0.571. The van der Waals surface area contributed by atoms with Crippen molar-refractivity contribution in [1.82, 2.24) is 10.6 Å². The molecule has 0 aliphatic rings. The number of carbonyl (C=O) groups is 2. The number of amides is 2. The van der Waals surface area contributed by atoms with Crippen LogP contribution in [0.1, 0.15) is 213 Å². The Morgan fingerprint density at radius 3 is 1.06 bits per heavy atom. The molecule has 0 aliphatic heterocycles. The highest BCUT2D eigenvalue weighted by atomic mass is 16.3. The molecule has 0 atom stereocenters. The number of unbranched alkanes of at least 4 members (excludes halogenated alkanes) is 24. The lowest BCUT2D eigenvalue weighted by Crippen LogP contribution is -2.25. The van der Waals surface area contributed by atoms with Crippen molar-refractivity contribution in [2.24, 2.45) is 0 Å². The van der Waals surface area contributed by atoms with Crippen molar-refractivity contribution >= 4 is 33.4 Å². The zero-order valence-electron chi connectivity index (χ0n) is 38.9. The predicted molar refractivity (Wildman–Crippen MR) is 264 cm³/mol. The SMILES string of the molecule is C=C(Cc1c(O)c(C(=O)NCCCCCCCCCCCCCCC)cc2ccccc12)Cc1c(O)c(C(=O)NCCCCCCCCCCCCCCC)cc2ccccc12. The summed E-state index contributed by atoms with van der Waals surface area (Å²) in [5.41, 5.74) is 2.54. The van der Waals surface area contributed by atoms with Crippen molar-refractivity contribution in [1.29, 1.82) is 0 Å². The standard InChI is InChI=1S/C56H82N2O4/c1-4-6-8-10-12-14-16-18-20-22-24-26-32-38-57-55(61)51-42-45-34-28-30-36-47(45)49(53(51)59)40-44(3)41-50-48-37-31-29-35-46(48)43-52(54(50)60)56(62)58-39-33-27-25-23-21-19-17-15-13-11-9-7-5-2/h28-31,34-37,42-43,59-60H,3-27,32-33,38-41H2,1-2H3,(H,57,61)(H,58,62). The van der Waals surface area contributed by atoms with Crippen LogP contribution in [0.3, 0.4) is 0 Å². The van der Waals surface area contributed by atoms with E-state index >= 15 is 0 Å². The highest BCUT2D eigenvalue weighted by Crippen LogP contribution is 2.37. The van der Waals surface area contributed by atoms with Crippen LogP contribution in [0.4, 0.5) is 0 Å². The van der Waals surface area contributed by atoms with Crippen LogP contribution in [0, 0.1) is 0 Å². The van der Waals surface area contributed by atoms with E-state index in [1.807, 2.05) is 48.5 Å². The second-order valence-corrected chi connectivity index (χ2v) is 18.0. The Hall–Kier alpha value is -4.32. The number of phenolic OH excluding ortho intramolecular Hbond substituents is 2. The maximum Gasteiger partial charge on any atom is 0.255 e. The predicted octanol–water partition coefficient (Wildman–Crippen LogP) is 15.4. The molecule has 0 spiro atoms. The van der Waals surface area contributed by atoms with Gasteiger partial charge in [-0.1, -0.05) is 229 Å². The minimum atomic E-state index is -0.278. The van der Waals surface area contributed by atoms with E-state index < -0.39 is 0 Å². The number of rotatable bonds is 34. The molecule has 2 amide bonds. The van der Waals surface area contributed by atoms with Crippen molar-refractivity contribution in [3.8, 4) is 11.5 Å². The van der Waals surface area contributed by atoms with Crippen LogP contribution < -0.4 is 10.6 Å². The largest absolute Gasteiger partial charge is 0.507 e. The molecule has 340 valence electrons. The van der Waals surface area contributed by atoms with Gasteiger partial charge in [0, 0.05) is 24.2 Å². The van der Waals surface area contributed by atoms with Gasteiger partial charge in [-0.25, -0.2) is 0 Å². The van der Waals surface area contributed by atoms with Crippen molar-refractivity contribution in [2.45, 2.75) is 194 Å². The molecule has 0 aliphatic carbocycles. The number of benzene rings is 4. The van der Waals surface area contributed by atoms with Crippen LogP contribution in [-0.2, 0) is 12.8 Å². The summed E-state index contributed by atoms with van der Waals surface area (Å²) >= 11 is 0. The second-order valence-electron chi connectivity index (χ2n) is 18.0. The average molecular weight is 847 g/mol. The molecule has 6 heteroatoms. The minimum Gasteiger partial charge on any atom is -0.507 e. The molecule has 4 aromatic rings. The van der Waals surface area contributed by atoms with Crippen molar-refractivity contribution in [3.63, 3.8) is 0 Å². The first-order valence-corrected chi connectivity index (χ1v) is 25.1. The topological polar surface area (TPSA) is 98.7 Å². The second kappa shape index (κ2) is 29.9. The van der Waals surface area contributed by atoms with Gasteiger partial charge in [-0.05, 0) is 59.4 Å². The lowest BCUT2D eigenvalue weighted by molar-refractivity contribution is 0.0941. The van der Waals surface area contributed by atoms with Crippen LogP contribution in [-0.4, -0.2) is 35.1 Å². The summed E-state index contributed by atoms with van der Waals surface area (Å²) < 4.78 is 0. The molecule has 4 rings (SSSR count). The average Bonchev–Trinajstić information content (AvgIpc) is 3.28. The van der Waals surface area contributed by atoms with E-state index in [1.165, 1.54) is 141 Å². The van der Waals surface area contributed by atoms with Crippen LogP contribution in [0.2, 0.25) is 0 Å². The van der Waals surface area contributed by atoms with Crippen LogP contribution in [0.15, 0.2) is 72.8 Å². The number of allylic oxidation sites excluding steroid dienone is 1. The molecule has 0 bridgehead atoms. The first-order valence-electron chi connectivity index (χ1n) is 25.1. The van der Waals surface area contributed by atoms with E-state index in [0.29, 0.717) is 37.1 Å². The number of aromatic hydroxyl groups is 2.